The van der Waals surface area contributed by atoms with Crippen LogP contribution in [0.5, 0.6) is 0 Å². The van der Waals surface area contributed by atoms with Gasteiger partial charge in [0.2, 0.25) is 0 Å². The molecule has 1 aliphatic rings. The van der Waals surface area contributed by atoms with Gasteiger partial charge in [0.1, 0.15) is 11.3 Å². The van der Waals surface area contributed by atoms with Crippen LogP contribution >= 0.6 is 22.6 Å². The molecule has 1 saturated carbocycles. The lowest BCUT2D eigenvalue weighted by molar-refractivity contribution is 0.507. The highest BCUT2D eigenvalue weighted by atomic mass is 127. The molecule has 2 nitrogen and oxygen atoms in total. The van der Waals surface area contributed by atoms with Gasteiger partial charge >= 0.3 is 0 Å². The quantitative estimate of drug-likeness (QED) is 0.855. The first kappa shape index (κ1) is 11.5. The summed E-state index contributed by atoms with van der Waals surface area (Å²) < 4.78 is 7.23. The lowest BCUT2D eigenvalue weighted by atomic mass is 10.1. The van der Waals surface area contributed by atoms with Gasteiger partial charge in [-0.25, -0.2) is 0 Å². The highest BCUT2D eigenvalue weighted by molar-refractivity contribution is 14.1. The van der Waals surface area contributed by atoms with Crippen molar-refractivity contribution in [3.8, 4) is 0 Å². The Hall–Kier alpha value is -0.550. The molecule has 17 heavy (non-hydrogen) atoms. The number of halogens is 1. The van der Waals surface area contributed by atoms with Crippen molar-refractivity contribution in [1.82, 2.24) is 5.32 Å². The Morgan fingerprint density at radius 1 is 1.41 bits per heavy atom. The molecule has 1 N–H and O–H groups in total. The van der Waals surface area contributed by atoms with Crippen LogP contribution in [0, 0.1) is 3.57 Å². The van der Waals surface area contributed by atoms with Gasteiger partial charge in [0.25, 0.3) is 0 Å². The number of hydrogen-bond donors (Lipinski definition) is 1. The van der Waals surface area contributed by atoms with Gasteiger partial charge in [0.05, 0.1) is 6.54 Å². The van der Waals surface area contributed by atoms with Crippen molar-refractivity contribution in [2.75, 3.05) is 0 Å². The number of furan rings is 1. The number of fused-ring (bicyclic) bond motifs is 1. The van der Waals surface area contributed by atoms with Gasteiger partial charge in [-0.05, 0) is 60.1 Å². The van der Waals surface area contributed by atoms with Gasteiger partial charge in [0.15, 0.2) is 0 Å². The zero-order chi connectivity index (χ0) is 11.8. The fourth-order valence-corrected chi connectivity index (χ4v) is 2.72. The molecule has 0 saturated heterocycles. The van der Waals surface area contributed by atoms with E-state index in [1.54, 1.807) is 0 Å². The summed E-state index contributed by atoms with van der Waals surface area (Å²) in [6.07, 6.45) is 3.67. The standard InChI is InChI=1S/C14H16INO/c1-2-11-12-7-9(15)3-6-13(12)17-14(11)8-16-10-4-5-10/h3,6-7,10,16H,2,4-5,8H2,1H3. The molecule has 2 aromatic rings. The Morgan fingerprint density at radius 3 is 2.94 bits per heavy atom. The Morgan fingerprint density at radius 2 is 2.24 bits per heavy atom. The smallest absolute Gasteiger partial charge is 0.134 e. The molecular formula is C14H16INO. The van der Waals surface area contributed by atoms with E-state index in [1.165, 1.54) is 27.4 Å². The van der Waals surface area contributed by atoms with Crippen LogP contribution in [0.25, 0.3) is 11.0 Å². The highest BCUT2D eigenvalue weighted by Gasteiger charge is 2.22. The van der Waals surface area contributed by atoms with Crippen LogP contribution in [-0.4, -0.2) is 6.04 Å². The Bertz CT molecular complexity index is 542. The molecule has 0 atom stereocenters. The van der Waals surface area contributed by atoms with E-state index in [4.69, 9.17) is 4.42 Å². The van der Waals surface area contributed by atoms with Crippen molar-refractivity contribution in [2.45, 2.75) is 38.8 Å². The molecule has 0 spiro atoms. The minimum Gasteiger partial charge on any atom is -0.459 e. The van der Waals surface area contributed by atoms with Gasteiger partial charge in [-0.2, -0.15) is 0 Å². The third-order valence-corrected chi connectivity index (χ3v) is 3.99. The van der Waals surface area contributed by atoms with E-state index in [2.05, 4.69) is 53.0 Å². The van der Waals surface area contributed by atoms with Crippen LogP contribution < -0.4 is 5.32 Å². The van der Waals surface area contributed by atoms with Gasteiger partial charge < -0.3 is 9.73 Å². The third-order valence-electron chi connectivity index (χ3n) is 3.32. The summed E-state index contributed by atoms with van der Waals surface area (Å²) in [5.74, 6) is 1.12. The second-order valence-electron chi connectivity index (χ2n) is 4.65. The van der Waals surface area contributed by atoms with Crippen molar-refractivity contribution in [3.05, 3.63) is 33.1 Å². The Labute approximate surface area is 115 Å². The zero-order valence-electron chi connectivity index (χ0n) is 9.92. The van der Waals surface area contributed by atoms with Crippen molar-refractivity contribution >= 4 is 33.6 Å². The van der Waals surface area contributed by atoms with Crippen molar-refractivity contribution in [3.63, 3.8) is 0 Å². The molecular weight excluding hydrogens is 325 g/mol. The van der Waals surface area contributed by atoms with Crippen molar-refractivity contribution < 1.29 is 4.42 Å². The summed E-state index contributed by atoms with van der Waals surface area (Å²) in [7, 11) is 0. The fourth-order valence-electron chi connectivity index (χ4n) is 2.23. The van der Waals surface area contributed by atoms with Gasteiger partial charge in [-0.1, -0.05) is 6.92 Å². The first-order chi connectivity index (χ1) is 8.28. The third kappa shape index (κ3) is 2.36. The van der Waals surface area contributed by atoms with E-state index >= 15 is 0 Å². The Kier molecular flexibility index (Phi) is 3.13. The second-order valence-corrected chi connectivity index (χ2v) is 5.90. The average molecular weight is 341 g/mol. The predicted octanol–water partition coefficient (Wildman–Crippen LogP) is 3.85. The maximum absolute atomic E-state index is 5.96. The van der Waals surface area contributed by atoms with E-state index in [1.807, 2.05) is 0 Å². The van der Waals surface area contributed by atoms with Crippen LogP contribution in [0.2, 0.25) is 0 Å². The van der Waals surface area contributed by atoms with Gasteiger partial charge in [-0.3, -0.25) is 0 Å². The highest BCUT2D eigenvalue weighted by Crippen LogP contribution is 2.29. The van der Waals surface area contributed by atoms with E-state index in [9.17, 15) is 0 Å². The molecule has 0 aliphatic heterocycles. The van der Waals surface area contributed by atoms with E-state index in [0.717, 1.165) is 30.4 Å². The van der Waals surface area contributed by atoms with Crippen LogP contribution in [0.3, 0.4) is 0 Å². The van der Waals surface area contributed by atoms with Crippen molar-refractivity contribution in [2.24, 2.45) is 0 Å². The number of nitrogens with one attached hydrogen (secondary N) is 1. The molecule has 3 heteroatoms. The average Bonchev–Trinajstić information content (AvgIpc) is 3.08. The first-order valence-electron chi connectivity index (χ1n) is 6.21. The monoisotopic (exact) mass is 341 g/mol. The SMILES string of the molecule is CCc1c(CNC2CC2)oc2ccc(I)cc12. The van der Waals surface area contributed by atoms with Crippen LogP contribution in [-0.2, 0) is 13.0 Å². The van der Waals surface area contributed by atoms with E-state index in [0.29, 0.717) is 0 Å². The molecule has 1 heterocycles. The Balaban J connectivity index is 1.97. The number of benzene rings is 1. The molecule has 3 rings (SSSR count). The van der Waals surface area contributed by atoms with Gasteiger partial charge in [0, 0.05) is 20.6 Å². The summed E-state index contributed by atoms with van der Waals surface area (Å²) >= 11 is 2.35. The number of hydrogen-bond acceptors (Lipinski definition) is 2. The van der Waals surface area contributed by atoms with Crippen LogP contribution in [0.15, 0.2) is 22.6 Å². The fraction of sp³-hybridized carbons (Fsp3) is 0.429. The summed E-state index contributed by atoms with van der Waals surface area (Å²) in [6, 6.07) is 7.13. The summed E-state index contributed by atoms with van der Waals surface area (Å²) in [5, 5.41) is 4.81. The molecule has 0 amide bonds. The number of aryl methyl sites for hydroxylation is 1. The maximum atomic E-state index is 5.96. The molecule has 1 fully saturated rings. The first-order valence-corrected chi connectivity index (χ1v) is 7.29. The topological polar surface area (TPSA) is 25.2 Å². The molecule has 0 unspecified atom stereocenters. The molecule has 0 radical (unpaired) electrons. The van der Waals surface area contributed by atoms with Crippen LogP contribution in [0.4, 0.5) is 0 Å². The molecule has 1 aromatic carbocycles. The number of rotatable bonds is 4. The maximum Gasteiger partial charge on any atom is 0.134 e. The molecule has 1 aliphatic carbocycles. The minimum atomic E-state index is 0.730. The molecule has 1 aromatic heterocycles. The summed E-state index contributed by atoms with van der Waals surface area (Å²) in [5.41, 5.74) is 2.39. The van der Waals surface area contributed by atoms with Gasteiger partial charge in [-0.15, -0.1) is 0 Å². The zero-order valence-corrected chi connectivity index (χ0v) is 12.1. The second kappa shape index (κ2) is 4.61. The molecule has 0 bridgehead atoms. The lowest BCUT2D eigenvalue weighted by Crippen LogP contribution is -2.15. The summed E-state index contributed by atoms with van der Waals surface area (Å²) in [6.45, 7) is 3.07. The lowest BCUT2D eigenvalue weighted by Gasteiger charge is -2.01. The predicted molar refractivity (Wildman–Crippen MR) is 78.2 cm³/mol. The van der Waals surface area contributed by atoms with Crippen LogP contribution in [0.1, 0.15) is 31.1 Å². The minimum absolute atomic E-state index is 0.730. The van der Waals surface area contributed by atoms with E-state index in [-0.39, 0.29) is 0 Å². The van der Waals surface area contributed by atoms with Crippen molar-refractivity contribution in [1.29, 1.82) is 0 Å². The largest absolute Gasteiger partial charge is 0.459 e. The summed E-state index contributed by atoms with van der Waals surface area (Å²) in [4.78, 5) is 0. The normalized spacial score (nSPS) is 15.6. The van der Waals surface area contributed by atoms with E-state index < -0.39 is 0 Å². The molecule has 90 valence electrons.